The second-order valence-electron chi connectivity index (χ2n) is 8.66. The van der Waals surface area contributed by atoms with E-state index in [0.717, 1.165) is 22.6 Å². The van der Waals surface area contributed by atoms with Crippen LogP contribution in [0.3, 0.4) is 0 Å². The summed E-state index contributed by atoms with van der Waals surface area (Å²) in [5.74, 6) is 0.521. The van der Waals surface area contributed by atoms with Crippen molar-refractivity contribution in [2.24, 2.45) is 11.8 Å². The first kappa shape index (κ1) is 22.1. The molecule has 1 aromatic heterocycles. The first-order valence-corrected chi connectivity index (χ1v) is 10.8. The summed E-state index contributed by atoms with van der Waals surface area (Å²) in [6, 6.07) is 5.91. The predicted octanol–water partition coefficient (Wildman–Crippen LogP) is 4.57. The van der Waals surface area contributed by atoms with E-state index in [9.17, 15) is 9.59 Å². The molecule has 0 saturated carbocycles. The average molecular weight is 432 g/mol. The molecule has 0 bridgehead atoms. The fourth-order valence-electron chi connectivity index (χ4n) is 3.21. The molecule has 2 amide bonds. The van der Waals surface area contributed by atoms with Crippen molar-refractivity contribution in [2.45, 2.75) is 40.2 Å². The average Bonchev–Trinajstić information content (AvgIpc) is 3.07. The van der Waals surface area contributed by atoms with Gasteiger partial charge in [0.25, 0.3) is 0 Å². The van der Waals surface area contributed by atoms with Gasteiger partial charge in [0.15, 0.2) is 5.13 Å². The van der Waals surface area contributed by atoms with Gasteiger partial charge < -0.3 is 19.7 Å². The number of benzene rings is 1. The number of anilines is 1. The molecular formula is C22H29N3O4S. The third-order valence-electron chi connectivity index (χ3n) is 5.05. The Hall–Kier alpha value is -2.61. The minimum Gasteiger partial charge on any atom is -0.496 e. The van der Waals surface area contributed by atoms with Gasteiger partial charge in [-0.15, -0.1) is 11.3 Å². The Kier molecular flexibility index (Phi) is 6.36. The molecule has 0 spiro atoms. The zero-order valence-corrected chi connectivity index (χ0v) is 19.1. The van der Waals surface area contributed by atoms with Gasteiger partial charge in [-0.3, -0.25) is 4.79 Å². The highest BCUT2D eigenvalue weighted by molar-refractivity contribution is 7.14. The number of thiazole rings is 1. The van der Waals surface area contributed by atoms with Crippen LogP contribution in [0, 0.1) is 18.8 Å². The van der Waals surface area contributed by atoms with Gasteiger partial charge in [0.1, 0.15) is 11.4 Å². The van der Waals surface area contributed by atoms with E-state index in [1.54, 1.807) is 12.0 Å². The first-order valence-electron chi connectivity index (χ1n) is 9.96. The monoisotopic (exact) mass is 431 g/mol. The van der Waals surface area contributed by atoms with Crippen LogP contribution in [-0.2, 0) is 9.53 Å². The lowest BCUT2D eigenvalue weighted by atomic mass is 9.87. The van der Waals surface area contributed by atoms with E-state index in [4.69, 9.17) is 9.47 Å². The van der Waals surface area contributed by atoms with Gasteiger partial charge in [-0.2, -0.15) is 0 Å². The van der Waals surface area contributed by atoms with E-state index in [1.807, 2.05) is 58.2 Å². The van der Waals surface area contributed by atoms with Crippen molar-refractivity contribution in [2.75, 3.05) is 25.5 Å². The van der Waals surface area contributed by atoms with Gasteiger partial charge in [-0.1, -0.05) is 18.6 Å². The molecule has 7 nitrogen and oxygen atoms in total. The summed E-state index contributed by atoms with van der Waals surface area (Å²) < 4.78 is 10.8. The Morgan fingerprint density at radius 1 is 1.30 bits per heavy atom. The van der Waals surface area contributed by atoms with Gasteiger partial charge >= 0.3 is 6.09 Å². The summed E-state index contributed by atoms with van der Waals surface area (Å²) in [6.07, 6.45) is -0.331. The highest BCUT2D eigenvalue weighted by Crippen LogP contribution is 2.33. The van der Waals surface area contributed by atoms with Crippen LogP contribution in [0.15, 0.2) is 23.6 Å². The van der Waals surface area contributed by atoms with Crippen LogP contribution in [0.1, 0.15) is 33.3 Å². The molecule has 1 saturated heterocycles. The zero-order chi connectivity index (χ0) is 22.1. The molecule has 1 N–H and O–H groups in total. The number of aromatic nitrogens is 1. The summed E-state index contributed by atoms with van der Waals surface area (Å²) in [4.78, 5) is 30.9. The Bertz CT molecular complexity index is 929. The van der Waals surface area contributed by atoms with Crippen molar-refractivity contribution >= 4 is 28.5 Å². The molecule has 8 heteroatoms. The van der Waals surface area contributed by atoms with E-state index in [-0.39, 0.29) is 23.8 Å². The summed E-state index contributed by atoms with van der Waals surface area (Å²) >= 11 is 1.38. The number of rotatable bonds is 5. The van der Waals surface area contributed by atoms with Crippen LogP contribution in [0.4, 0.5) is 9.93 Å². The van der Waals surface area contributed by atoms with E-state index >= 15 is 0 Å². The minimum atomic E-state index is -0.520. The Balaban J connectivity index is 1.58. The molecule has 1 aromatic carbocycles. The molecule has 3 rings (SSSR count). The number of aryl methyl sites for hydroxylation is 1. The topological polar surface area (TPSA) is 80.8 Å². The number of methoxy groups -OCH3 is 1. The molecular weight excluding hydrogens is 402 g/mol. The number of likely N-dealkylation sites (tertiary alicyclic amines) is 1. The first-order chi connectivity index (χ1) is 14.1. The Labute approximate surface area is 181 Å². The number of nitrogens with zero attached hydrogens (tertiary/aromatic N) is 2. The molecule has 162 valence electrons. The molecule has 1 aliphatic heterocycles. The van der Waals surface area contributed by atoms with Crippen LogP contribution < -0.4 is 10.1 Å². The predicted molar refractivity (Wildman–Crippen MR) is 118 cm³/mol. The van der Waals surface area contributed by atoms with Crippen LogP contribution in [0.5, 0.6) is 5.75 Å². The fraction of sp³-hybridized carbons (Fsp3) is 0.500. The lowest BCUT2D eigenvalue weighted by Gasteiger charge is -2.42. The third-order valence-corrected chi connectivity index (χ3v) is 5.81. The molecule has 0 aliphatic carbocycles. The van der Waals surface area contributed by atoms with Crippen LogP contribution in [0.25, 0.3) is 11.3 Å². The second-order valence-corrected chi connectivity index (χ2v) is 9.52. The summed E-state index contributed by atoms with van der Waals surface area (Å²) in [5, 5.41) is 5.37. The third kappa shape index (κ3) is 5.11. The van der Waals surface area contributed by atoms with Crippen LogP contribution in [-0.4, -0.2) is 47.7 Å². The van der Waals surface area contributed by atoms with E-state index in [0.29, 0.717) is 18.2 Å². The Morgan fingerprint density at radius 3 is 2.63 bits per heavy atom. The van der Waals surface area contributed by atoms with Gasteiger partial charge in [0, 0.05) is 35.9 Å². The lowest BCUT2D eigenvalue weighted by Crippen LogP contribution is -2.55. The number of hydrogen-bond donors (Lipinski definition) is 1. The SMILES string of the molecule is COc1ccc(C)cc1-c1csc(NC(=O)C(C)C2CN(C(=O)OC(C)(C)C)C2)n1. The van der Waals surface area contributed by atoms with E-state index in [2.05, 4.69) is 10.3 Å². The molecule has 1 fully saturated rings. The number of amides is 2. The summed E-state index contributed by atoms with van der Waals surface area (Å²) in [6.45, 7) is 10.5. The summed E-state index contributed by atoms with van der Waals surface area (Å²) in [5.41, 5.74) is 2.25. The zero-order valence-electron chi connectivity index (χ0n) is 18.3. The van der Waals surface area contributed by atoms with E-state index in [1.165, 1.54) is 11.3 Å². The highest BCUT2D eigenvalue weighted by atomic mass is 32.1. The standard InChI is InChI=1S/C22H29N3O4S/c1-13-7-8-18(28-6)16(9-13)17-12-30-20(23-17)24-19(26)14(2)15-10-25(11-15)21(27)29-22(3,4)5/h7-9,12,14-15H,10-11H2,1-6H3,(H,23,24,26). The number of ether oxygens (including phenoxy) is 2. The van der Waals surface area contributed by atoms with Crippen LogP contribution >= 0.6 is 11.3 Å². The molecule has 2 aromatic rings. The maximum atomic E-state index is 12.7. The van der Waals surface area contributed by atoms with Crippen molar-refractivity contribution in [3.63, 3.8) is 0 Å². The van der Waals surface area contributed by atoms with E-state index < -0.39 is 5.60 Å². The van der Waals surface area contributed by atoms with Gasteiger partial charge in [0.05, 0.1) is 12.8 Å². The molecule has 1 aliphatic rings. The number of hydrogen-bond acceptors (Lipinski definition) is 6. The molecule has 1 atom stereocenters. The number of nitrogens with one attached hydrogen (secondary N) is 1. The summed E-state index contributed by atoms with van der Waals surface area (Å²) in [7, 11) is 1.63. The highest BCUT2D eigenvalue weighted by Gasteiger charge is 2.39. The normalized spacial score (nSPS) is 15.3. The van der Waals surface area contributed by atoms with Crippen molar-refractivity contribution in [3.8, 4) is 17.0 Å². The smallest absolute Gasteiger partial charge is 0.410 e. The minimum absolute atomic E-state index is 0.0963. The molecule has 0 radical (unpaired) electrons. The number of carbonyl (C=O) groups excluding carboxylic acids is 2. The molecule has 30 heavy (non-hydrogen) atoms. The van der Waals surface area contributed by atoms with Gasteiger partial charge in [0.2, 0.25) is 5.91 Å². The van der Waals surface area contributed by atoms with Crippen molar-refractivity contribution < 1.29 is 19.1 Å². The number of carbonyl (C=O) groups is 2. The van der Waals surface area contributed by atoms with Crippen molar-refractivity contribution in [1.29, 1.82) is 0 Å². The van der Waals surface area contributed by atoms with Gasteiger partial charge in [-0.05, 0) is 39.8 Å². The Morgan fingerprint density at radius 2 is 2.00 bits per heavy atom. The maximum absolute atomic E-state index is 12.7. The lowest BCUT2D eigenvalue weighted by molar-refractivity contribution is -0.123. The van der Waals surface area contributed by atoms with Gasteiger partial charge in [-0.25, -0.2) is 9.78 Å². The second kappa shape index (κ2) is 8.63. The maximum Gasteiger partial charge on any atom is 0.410 e. The molecule has 2 heterocycles. The van der Waals surface area contributed by atoms with Crippen molar-refractivity contribution in [3.05, 3.63) is 29.1 Å². The largest absolute Gasteiger partial charge is 0.496 e. The quantitative estimate of drug-likeness (QED) is 0.750. The molecule has 1 unspecified atom stereocenters. The fourth-order valence-corrected chi connectivity index (χ4v) is 3.93. The van der Waals surface area contributed by atoms with Crippen LogP contribution in [0.2, 0.25) is 0 Å². The van der Waals surface area contributed by atoms with Crippen molar-refractivity contribution in [1.82, 2.24) is 9.88 Å².